The van der Waals surface area contributed by atoms with Crippen molar-refractivity contribution in [1.82, 2.24) is 0 Å². The molecule has 8 nitrogen and oxygen atoms in total. The third kappa shape index (κ3) is 6.46. The molecule has 3 aromatic rings. The third-order valence-electron chi connectivity index (χ3n) is 4.82. The van der Waals surface area contributed by atoms with E-state index in [9.17, 15) is 18.0 Å². The van der Waals surface area contributed by atoms with Gasteiger partial charge in [-0.05, 0) is 72.3 Å². The molecule has 0 aliphatic heterocycles. The van der Waals surface area contributed by atoms with Crippen molar-refractivity contribution in [2.24, 2.45) is 10.2 Å². The molecule has 34 heavy (non-hydrogen) atoms. The van der Waals surface area contributed by atoms with Crippen LogP contribution in [0.3, 0.4) is 0 Å². The molecule has 0 bridgehead atoms. The van der Waals surface area contributed by atoms with E-state index in [1.165, 1.54) is 36.4 Å². The number of anilines is 1. The van der Waals surface area contributed by atoms with Crippen LogP contribution in [0.25, 0.3) is 0 Å². The second kappa shape index (κ2) is 10.7. The van der Waals surface area contributed by atoms with Crippen LogP contribution in [0.1, 0.15) is 5.56 Å². The Morgan fingerprint density at radius 1 is 0.794 bits per heavy atom. The van der Waals surface area contributed by atoms with Crippen LogP contribution in [0.5, 0.6) is 0 Å². The van der Waals surface area contributed by atoms with E-state index in [4.69, 9.17) is 5.11 Å². The van der Waals surface area contributed by atoms with Crippen LogP contribution in [0.15, 0.2) is 105 Å². The van der Waals surface area contributed by atoms with Gasteiger partial charge in [0.1, 0.15) is 0 Å². The molecule has 0 fully saturated rings. The maximum atomic E-state index is 12.9. The maximum Gasteiger partial charge on any atom is 0.328 e. The molecular weight excluding hydrogens is 454 g/mol. The minimum absolute atomic E-state index is 0.0261. The average Bonchev–Trinajstić information content (AvgIpc) is 2.82. The van der Waals surface area contributed by atoms with Crippen molar-refractivity contribution < 1.29 is 23.1 Å². The summed E-state index contributed by atoms with van der Waals surface area (Å²) in [4.78, 5) is 24.4. The van der Waals surface area contributed by atoms with E-state index in [2.05, 4.69) is 10.2 Å². The van der Waals surface area contributed by atoms with Gasteiger partial charge >= 0.3 is 5.97 Å². The summed E-state index contributed by atoms with van der Waals surface area (Å²) in [6, 6.07) is 19.5. The molecule has 0 aliphatic rings. The Hall–Kier alpha value is -4.11. The van der Waals surface area contributed by atoms with Crippen molar-refractivity contribution in [3.05, 3.63) is 90.5 Å². The highest BCUT2D eigenvalue weighted by molar-refractivity contribution is 7.91. The van der Waals surface area contributed by atoms with Crippen molar-refractivity contribution in [1.29, 1.82) is 0 Å². The van der Waals surface area contributed by atoms with Gasteiger partial charge in [-0.25, -0.2) is 13.2 Å². The lowest BCUT2D eigenvalue weighted by molar-refractivity contribution is -0.131. The van der Waals surface area contributed by atoms with Gasteiger partial charge in [-0.3, -0.25) is 4.79 Å². The van der Waals surface area contributed by atoms with Gasteiger partial charge in [0.25, 0.3) is 0 Å². The Bertz CT molecular complexity index is 1330. The standard InChI is InChI=1S/C25H23N3O5S/c1-28(2)21-9-5-19(6-10-21)26-27-20-7-14-24(15-8-20)34(32,33)23-12-3-18(4-13-23)17-22(29)11-16-25(30)31/h3-16H,17H2,1-2H3,(H,30,31)/b16-11-,27-26?. The molecule has 3 rings (SSSR count). The summed E-state index contributed by atoms with van der Waals surface area (Å²) >= 11 is 0. The molecule has 0 spiro atoms. The fourth-order valence-electron chi connectivity index (χ4n) is 2.97. The Labute approximate surface area is 197 Å². The van der Waals surface area contributed by atoms with E-state index in [1.54, 1.807) is 12.1 Å². The minimum atomic E-state index is -3.76. The van der Waals surface area contributed by atoms with Crippen LogP contribution in [0.4, 0.5) is 17.1 Å². The molecule has 0 radical (unpaired) electrons. The van der Waals surface area contributed by atoms with Gasteiger partial charge in [0.05, 0.1) is 21.2 Å². The Balaban J connectivity index is 1.69. The van der Waals surface area contributed by atoms with Crippen molar-refractivity contribution in [2.75, 3.05) is 19.0 Å². The molecule has 0 aliphatic carbocycles. The smallest absolute Gasteiger partial charge is 0.328 e. The van der Waals surface area contributed by atoms with Crippen molar-refractivity contribution in [3.63, 3.8) is 0 Å². The predicted octanol–water partition coefficient (Wildman–Crippen LogP) is 4.75. The van der Waals surface area contributed by atoms with E-state index in [0.29, 0.717) is 16.9 Å². The van der Waals surface area contributed by atoms with E-state index >= 15 is 0 Å². The van der Waals surface area contributed by atoms with Crippen LogP contribution in [0, 0.1) is 0 Å². The Morgan fingerprint density at radius 2 is 1.26 bits per heavy atom. The second-order valence-electron chi connectivity index (χ2n) is 7.57. The topological polar surface area (TPSA) is 116 Å². The number of nitrogens with zero attached hydrogens (tertiary/aromatic N) is 3. The number of benzene rings is 3. The number of azo groups is 1. The molecule has 0 heterocycles. The molecular formula is C25H23N3O5S. The van der Waals surface area contributed by atoms with Crippen molar-refractivity contribution in [2.45, 2.75) is 16.2 Å². The summed E-state index contributed by atoms with van der Waals surface area (Å²) in [7, 11) is 0.141. The van der Waals surface area contributed by atoms with Gasteiger partial charge in [-0.1, -0.05) is 12.1 Å². The molecule has 0 atom stereocenters. The van der Waals surface area contributed by atoms with Gasteiger partial charge in [0.2, 0.25) is 9.84 Å². The fraction of sp³-hybridized carbons (Fsp3) is 0.120. The predicted molar refractivity (Wildman–Crippen MR) is 129 cm³/mol. The van der Waals surface area contributed by atoms with Crippen LogP contribution in [0.2, 0.25) is 0 Å². The van der Waals surface area contributed by atoms with Crippen molar-refractivity contribution >= 4 is 38.7 Å². The quantitative estimate of drug-likeness (QED) is 0.351. The SMILES string of the molecule is CN(C)c1ccc(N=Nc2ccc(S(=O)(=O)c3ccc(CC(=O)/C=C\C(=O)O)cc3)cc2)cc1. The molecule has 1 N–H and O–H groups in total. The maximum absolute atomic E-state index is 12.9. The number of carbonyl (C=O) groups is 2. The molecule has 9 heteroatoms. The van der Waals surface area contributed by atoms with Gasteiger partial charge in [-0.15, -0.1) is 0 Å². The zero-order valence-corrected chi connectivity index (χ0v) is 19.4. The number of rotatable bonds is 9. The van der Waals surface area contributed by atoms with Crippen LogP contribution in [-0.4, -0.2) is 39.4 Å². The Morgan fingerprint density at radius 3 is 1.74 bits per heavy atom. The highest BCUT2D eigenvalue weighted by atomic mass is 32.2. The molecule has 3 aromatic carbocycles. The Kier molecular flexibility index (Phi) is 7.70. The summed E-state index contributed by atoms with van der Waals surface area (Å²) in [5, 5.41) is 16.9. The molecule has 0 aromatic heterocycles. The number of carboxylic acid groups (broad SMARTS) is 1. The van der Waals surface area contributed by atoms with E-state index < -0.39 is 21.6 Å². The molecule has 174 valence electrons. The zero-order valence-electron chi connectivity index (χ0n) is 18.6. The van der Waals surface area contributed by atoms with Gasteiger partial charge in [0, 0.05) is 32.3 Å². The first kappa shape index (κ1) is 24.5. The number of allylic oxidation sites excluding steroid dienone is 1. The number of aliphatic carboxylic acids is 1. The fourth-order valence-corrected chi connectivity index (χ4v) is 4.23. The van der Waals surface area contributed by atoms with Crippen LogP contribution < -0.4 is 4.90 Å². The van der Waals surface area contributed by atoms with Gasteiger partial charge < -0.3 is 10.0 Å². The second-order valence-corrected chi connectivity index (χ2v) is 9.52. The summed E-state index contributed by atoms with van der Waals surface area (Å²) in [6.45, 7) is 0. The summed E-state index contributed by atoms with van der Waals surface area (Å²) in [6.07, 6.45) is 1.72. The number of carbonyl (C=O) groups excluding carboxylic acids is 1. The summed E-state index contributed by atoms with van der Waals surface area (Å²) < 4.78 is 25.8. The summed E-state index contributed by atoms with van der Waals surface area (Å²) in [5.41, 5.74) is 2.81. The highest BCUT2D eigenvalue weighted by Crippen LogP contribution is 2.25. The third-order valence-corrected chi connectivity index (χ3v) is 6.60. The van der Waals surface area contributed by atoms with E-state index in [1.807, 2.05) is 43.3 Å². The van der Waals surface area contributed by atoms with E-state index in [0.717, 1.165) is 17.8 Å². The van der Waals surface area contributed by atoms with Crippen LogP contribution in [-0.2, 0) is 25.8 Å². The lowest BCUT2D eigenvalue weighted by Crippen LogP contribution is -2.07. The molecule has 0 unspecified atom stereocenters. The first-order valence-electron chi connectivity index (χ1n) is 10.2. The monoisotopic (exact) mass is 477 g/mol. The first-order valence-corrected chi connectivity index (χ1v) is 11.7. The number of hydrogen-bond acceptors (Lipinski definition) is 7. The van der Waals surface area contributed by atoms with Gasteiger partial charge in [-0.2, -0.15) is 10.2 Å². The molecule has 0 saturated heterocycles. The zero-order chi connectivity index (χ0) is 24.7. The summed E-state index contributed by atoms with van der Waals surface area (Å²) in [5.74, 6) is -1.60. The molecule has 0 saturated carbocycles. The lowest BCUT2D eigenvalue weighted by atomic mass is 10.1. The van der Waals surface area contributed by atoms with Crippen molar-refractivity contribution in [3.8, 4) is 0 Å². The van der Waals surface area contributed by atoms with Gasteiger partial charge in [0.15, 0.2) is 5.78 Å². The van der Waals surface area contributed by atoms with Crippen LogP contribution >= 0.6 is 0 Å². The van der Waals surface area contributed by atoms with E-state index in [-0.39, 0.29) is 16.2 Å². The number of sulfone groups is 1. The first-order chi connectivity index (χ1) is 16.1. The number of carboxylic acids is 1. The number of ketones is 1. The minimum Gasteiger partial charge on any atom is -0.478 e. The molecule has 0 amide bonds. The largest absolute Gasteiger partial charge is 0.478 e. The number of hydrogen-bond donors (Lipinski definition) is 1. The average molecular weight is 478 g/mol. The lowest BCUT2D eigenvalue weighted by Gasteiger charge is -2.11. The normalized spacial score (nSPS) is 11.7. The highest BCUT2D eigenvalue weighted by Gasteiger charge is 2.17.